The second-order valence-electron chi connectivity index (χ2n) is 5.39. The molecule has 1 amide bonds. The molecular weight excluding hydrogens is 244 g/mol. The topological polar surface area (TPSA) is 60.9 Å². The first-order valence-electron chi connectivity index (χ1n) is 7.23. The molecule has 1 fully saturated rings. The van der Waals surface area contributed by atoms with Gasteiger partial charge in [0.05, 0.1) is 12.0 Å². The highest BCUT2D eigenvalue weighted by molar-refractivity contribution is 5.81. The minimum atomic E-state index is -0.809. The summed E-state index contributed by atoms with van der Waals surface area (Å²) in [7, 11) is 0. The first-order valence-corrected chi connectivity index (χ1v) is 7.23. The summed E-state index contributed by atoms with van der Waals surface area (Å²) in [4.78, 5) is 27.2. The smallest absolute Gasteiger partial charge is 0.307 e. The largest absolute Gasteiger partial charge is 0.481 e. The highest BCUT2D eigenvalue weighted by Gasteiger charge is 2.28. The molecule has 1 aliphatic rings. The molecule has 2 unspecified atom stereocenters. The van der Waals surface area contributed by atoms with Crippen LogP contribution in [-0.2, 0) is 9.59 Å². The van der Waals surface area contributed by atoms with Crippen LogP contribution in [0, 0.1) is 5.92 Å². The van der Waals surface area contributed by atoms with Crippen LogP contribution >= 0.6 is 0 Å². The second-order valence-corrected chi connectivity index (χ2v) is 5.39. The lowest BCUT2D eigenvalue weighted by atomic mass is 10.1. The second kappa shape index (κ2) is 7.48. The number of aliphatic carboxylic acids is 1. The molecule has 0 aliphatic carbocycles. The molecule has 1 N–H and O–H groups in total. The van der Waals surface area contributed by atoms with Gasteiger partial charge in [-0.1, -0.05) is 13.8 Å². The number of carboxylic acids is 1. The average molecular weight is 270 g/mol. The number of carbonyl (C=O) groups excluding carboxylic acids is 1. The lowest BCUT2D eigenvalue weighted by Gasteiger charge is -2.34. The lowest BCUT2D eigenvalue weighted by molar-refractivity contribution is -0.144. The third-order valence-corrected chi connectivity index (χ3v) is 3.91. The van der Waals surface area contributed by atoms with Gasteiger partial charge in [-0.3, -0.25) is 14.5 Å². The van der Waals surface area contributed by atoms with Crippen molar-refractivity contribution < 1.29 is 14.7 Å². The Bertz CT molecular complexity index is 314. The Labute approximate surface area is 115 Å². The Morgan fingerprint density at radius 3 is 2.26 bits per heavy atom. The van der Waals surface area contributed by atoms with Crippen molar-refractivity contribution in [3.8, 4) is 0 Å². The van der Waals surface area contributed by atoms with E-state index in [0.29, 0.717) is 13.1 Å². The van der Waals surface area contributed by atoms with Crippen molar-refractivity contribution >= 4 is 11.9 Å². The quantitative estimate of drug-likeness (QED) is 0.793. The zero-order chi connectivity index (χ0) is 14.4. The Kier molecular flexibility index (Phi) is 6.28. The van der Waals surface area contributed by atoms with E-state index in [-0.39, 0.29) is 11.9 Å². The Morgan fingerprint density at radius 1 is 1.21 bits per heavy atom. The van der Waals surface area contributed by atoms with Gasteiger partial charge in [0.15, 0.2) is 0 Å². The van der Waals surface area contributed by atoms with Crippen molar-refractivity contribution in [1.29, 1.82) is 0 Å². The number of likely N-dealkylation sites (N-methyl/N-ethyl adjacent to an activating group) is 1. The molecule has 5 heteroatoms. The van der Waals surface area contributed by atoms with Crippen LogP contribution in [0.4, 0.5) is 0 Å². The van der Waals surface area contributed by atoms with Gasteiger partial charge in [0.1, 0.15) is 0 Å². The molecule has 0 spiro atoms. The maximum Gasteiger partial charge on any atom is 0.307 e. The molecule has 0 aromatic heterocycles. The molecule has 0 aromatic rings. The molecule has 1 saturated heterocycles. The number of hydrogen-bond acceptors (Lipinski definition) is 3. The van der Waals surface area contributed by atoms with Crippen molar-refractivity contribution in [3.05, 3.63) is 0 Å². The van der Waals surface area contributed by atoms with E-state index in [2.05, 4.69) is 0 Å². The fourth-order valence-corrected chi connectivity index (χ4v) is 2.53. The molecule has 0 bridgehead atoms. The molecule has 5 nitrogen and oxygen atoms in total. The van der Waals surface area contributed by atoms with E-state index in [0.717, 1.165) is 25.9 Å². The number of carboxylic acid groups (broad SMARTS) is 1. The summed E-state index contributed by atoms with van der Waals surface area (Å²) in [5.74, 6) is -1.12. The fraction of sp³-hybridized carbons (Fsp3) is 0.857. The number of rotatable bonds is 6. The van der Waals surface area contributed by atoms with Crippen molar-refractivity contribution in [2.75, 3.05) is 26.2 Å². The van der Waals surface area contributed by atoms with Gasteiger partial charge in [0.25, 0.3) is 0 Å². The van der Waals surface area contributed by atoms with E-state index in [1.807, 2.05) is 23.6 Å². The van der Waals surface area contributed by atoms with E-state index in [4.69, 9.17) is 5.11 Å². The van der Waals surface area contributed by atoms with Crippen molar-refractivity contribution in [3.63, 3.8) is 0 Å². The third kappa shape index (κ3) is 4.49. The summed E-state index contributed by atoms with van der Waals surface area (Å²) in [6, 6.07) is -0.232. The van der Waals surface area contributed by atoms with Gasteiger partial charge in [-0.15, -0.1) is 0 Å². The minimum absolute atomic E-state index is 0.138. The first-order chi connectivity index (χ1) is 8.97. The molecule has 1 heterocycles. The van der Waals surface area contributed by atoms with Crippen LogP contribution < -0.4 is 0 Å². The molecule has 1 rings (SSSR count). The van der Waals surface area contributed by atoms with Gasteiger partial charge in [-0.25, -0.2) is 0 Å². The maximum absolute atomic E-state index is 12.4. The Hall–Kier alpha value is -1.10. The number of carbonyl (C=O) groups is 2. The van der Waals surface area contributed by atoms with E-state index >= 15 is 0 Å². The van der Waals surface area contributed by atoms with Crippen LogP contribution in [0.2, 0.25) is 0 Å². The molecule has 0 saturated carbocycles. The van der Waals surface area contributed by atoms with Gasteiger partial charge in [0, 0.05) is 19.6 Å². The zero-order valence-corrected chi connectivity index (χ0v) is 12.3. The standard InChI is InChI=1S/C14H26N2O3/c1-4-15(10-11(2)14(18)19)12(3)13(17)16-8-6-5-7-9-16/h11-12H,4-10H2,1-3H3,(H,18,19). The zero-order valence-electron chi connectivity index (χ0n) is 12.3. The molecular formula is C14H26N2O3. The minimum Gasteiger partial charge on any atom is -0.481 e. The average Bonchev–Trinajstić information content (AvgIpc) is 2.43. The van der Waals surface area contributed by atoms with Gasteiger partial charge >= 0.3 is 5.97 Å². The van der Waals surface area contributed by atoms with Gasteiger partial charge in [-0.05, 0) is 32.7 Å². The van der Waals surface area contributed by atoms with E-state index < -0.39 is 11.9 Å². The number of piperidine rings is 1. The van der Waals surface area contributed by atoms with E-state index in [1.54, 1.807) is 6.92 Å². The monoisotopic (exact) mass is 270 g/mol. The van der Waals surface area contributed by atoms with Gasteiger partial charge in [-0.2, -0.15) is 0 Å². The predicted octanol–water partition coefficient (Wildman–Crippen LogP) is 1.43. The fourth-order valence-electron chi connectivity index (χ4n) is 2.53. The van der Waals surface area contributed by atoms with Crippen molar-refractivity contribution in [2.45, 2.75) is 46.1 Å². The predicted molar refractivity (Wildman–Crippen MR) is 73.9 cm³/mol. The number of likely N-dealkylation sites (tertiary alicyclic amines) is 1. The van der Waals surface area contributed by atoms with E-state index in [1.165, 1.54) is 6.42 Å². The summed E-state index contributed by atoms with van der Waals surface area (Å²) in [5, 5.41) is 8.97. The summed E-state index contributed by atoms with van der Waals surface area (Å²) >= 11 is 0. The van der Waals surface area contributed by atoms with E-state index in [9.17, 15) is 9.59 Å². The molecule has 0 aromatic carbocycles. The highest BCUT2D eigenvalue weighted by Crippen LogP contribution is 2.13. The van der Waals surface area contributed by atoms with Crippen molar-refractivity contribution in [1.82, 2.24) is 9.80 Å². The van der Waals surface area contributed by atoms with Crippen LogP contribution in [-0.4, -0.2) is 59.0 Å². The van der Waals surface area contributed by atoms with Crippen LogP contribution in [0.15, 0.2) is 0 Å². The van der Waals surface area contributed by atoms with Crippen molar-refractivity contribution in [2.24, 2.45) is 5.92 Å². The lowest BCUT2D eigenvalue weighted by Crippen LogP contribution is -2.50. The van der Waals surface area contributed by atoms with Crippen LogP contribution in [0.5, 0.6) is 0 Å². The van der Waals surface area contributed by atoms with Crippen LogP contribution in [0.1, 0.15) is 40.0 Å². The number of nitrogens with zero attached hydrogens (tertiary/aromatic N) is 2. The molecule has 2 atom stereocenters. The Morgan fingerprint density at radius 2 is 1.79 bits per heavy atom. The molecule has 110 valence electrons. The van der Waals surface area contributed by atoms with Crippen LogP contribution in [0.25, 0.3) is 0 Å². The summed E-state index contributed by atoms with van der Waals surface area (Å²) in [6.45, 7) is 8.34. The first kappa shape index (κ1) is 16.0. The molecule has 1 aliphatic heterocycles. The SMILES string of the molecule is CCN(CC(C)C(=O)O)C(C)C(=O)N1CCCCC1. The molecule has 19 heavy (non-hydrogen) atoms. The van der Waals surface area contributed by atoms with Gasteiger partial charge in [0.2, 0.25) is 5.91 Å². The number of amides is 1. The summed E-state index contributed by atoms with van der Waals surface area (Å²) in [5.41, 5.74) is 0. The third-order valence-electron chi connectivity index (χ3n) is 3.91. The van der Waals surface area contributed by atoms with Gasteiger partial charge < -0.3 is 10.0 Å². The molecule has 0 radical (unpaired) electrons. The highest BCUT2D eigenvalue weighted by atomic mass is 16.4. The number of hydrogen-bond donors (Lipinski definition) is 1. The summed E-state index contributed by atoms with van der Waals surface area (Å²) in [6.07, 6.45) is 3.36. The maximum atomic E-state index is 12.4. The normalized spacial score (nSPS) is 19.3. The summed E-state index contributed by atoms with van der Waals surface area (Å²) < 4.78 is 0. The Balaban J connectivity index is 2.58. The van der Waals surface area contributed by atoms with Crippen LogP contribution in [0.3, 0.4) is 0 Å².